The first kappa shape index (κ1) is 12.8. The zero-order valence-corrected chi connectivity index (χ0v) is 10.3. The Morgan fingerprint density at radius 1 is 1.56 bits per heavy atom. The third kappa shape index (κ3) is 2.80. The van der Waals surface area contributed by atoms with E-state index in [9.17, 15) is 9.50 Å². The fourth-order valence-electron chi connectivity index (χ4n) is 1.84. The maximum absolute atomic E-state index is 13.7. The summed E-state index contributed by atoms with van der Waals surface area (Å²) in [5.74, 6) is -0.287. The van der Waals surface area contributed by atoms with Crippen molar-refractivity contribution >= 4 is 0 Å². The molecule has 1 aromatic carbocycles. The van der Waals surface area contributed by atoms with E-state index in [4.69, 9.17) is 10.00 Å². The molecule has 0 spiro atoms. The van der Waals surface area contributed by atoms with Crippen molar-refractivity contribution in [3.05, 3.63) is 29.6 Å². The highest BCUT2D eigenvalue weighted by Crippen LogP contribution is 2.48. The molecule has 0 heterocycles. The summed E-state index contributed by atoms with van der Waals surface area (Å²) in [4.78, 5) is 0. The van der Waals surface area contributed by atoms with E-state index >= 15 is 0 Å². The van der Waals surface area contributed by atoms with Gasteiger partial charge in [-0.3, -0.25) is 0 Å². The van der Waals surface area contributed by atoms with Gasteiger partial charge < -0.3 is 9.84 Å². The second-order valence-electron chi connectivity index (χ2n) is 4.99. The third-order valence-electron chi connectivity index (χ3n) is 3.38. The molecule has 1 fully saturated rings. The van der Waals surface area contributed by atoms with Crippen LogP contribution in [-0.2, 0) is 0 Å². The van der Waals surface area contributed by atoms with Crippen molar-refractivity contribution in [1.29, 1.82) is 5.26 Å². The van der Waals surface area contributed by atoms with Crippen LogP contribution < -0.4 is 4.74 Å². The molecule has 4 heteroatoms. The van der Waals surface area contributed by atoms with Gasteiger partial charge >= 0.3 is 0 Å². The highest BCUT2D eigenvalue weighted by Gasteiger charge is 2.43. The number of ether oxygens (including phenoxy) is 1. The summed E-state index contributed by atoms with van der Waals surface area (Å²) in [7, 11) is 0. The number of nitrogens with zero attached hydrogens (tertiary/aromatic N) is 1. The lowest BCUT2D eigenvalue weighted by molar-refractivity contribution is 0.197. The summed E-state index contributed by atoms with van der Waals surface area (Å²) in [5, 5.41) is 18.0. The molecule has 0 aromatic heterocycles. The number of aliphatic hydroxyl groups excluding tert-OH is 1. The molecule has 0 amide bonds. The first-order chi connectivity index (χ1) is 8.56. The Balaban J connectivity index is 2.00. The lowest BCUT2D eigenvalue weighted by Gasteiger charge is -2.14. The van der Waals surface area contributed by atoms with Gasteiger partial charge in [-0.25, -0.2) is 4.39 Å². The van der Waals surface area contributed by atoms with Crippen molar-refractivity contribution in [3.63, 3.8) is 0 Å². The second kappa shape index (κ2) is 4.95. The first-order valence-corrected chi connectivity index (χ1v) is 6.04. The van der Waals surface area contributed by atoms with Gasteiger partial charge in [0.2, 0.25) is 0 Å². The fourth-order valence-corrected chi connectivity index (χ4v) is 1.84. The Kier molecular flexibility index (Phi) is 3.53. The van der Waals surface area contributed by atoms with Crippen LogP contribution >= 0.6 is 0 Å². The molecule has 0 radical (unpaired) electrons. The predicted octanol–water partition coefficient (Wildman–Crippen LogP) is 2.95. The predicted molar refractivity (Wildman–Crippen MR) is 64.4 cm³/mol. The van der Waals surface area contributed by atoms with Crippen LogP contribution in [0.5, 0.6) is 5.75 Å². The van der Waals surface area contributed by atoms with E-state index in [1.165, 1.54) is 12.1 Å². The average molecular weight is 249 g/mol. The number of rotatable bonds is 5. The quantitative estimate of drug-likeness (QED) is 0.872. The molecule has 0 aliphatic heterocycles. The maximum atomic E-state index is 13.7. The number of hydrogen-bond donors (Lipinski definition) is 1. The minimum Gasteiger partial charge on any atom is -0.490 e. The van der Waals surface area contributed by atoms with Crippen molar-refractivity contribution in [2.45, 2.75) is 32.3 Å². The van der Waals surface area contributed by atoms with Crippen LogP contribution in [0.15, 0.2) is 18.2 Å². The second-order valence-corrected chi connectivity index (χ2v) is 4.99. The standard InChI is InChI=1S/C14H16FNO2/c1-10(17)11-2-3-13(12(15)8-11)18-9-14(4-5-14)6-7-16/h2-3,8,10,17H,4-6,9H2,1H3/t10-/m0/s1. The van der Waals surface area contributed by atoms with Crippen molar-refractivity contribution in [1.82, 2.24) is 0 Å². The van der Waals surface area contributed by atoms with Crippen molar-refractivity contribution < 1.29 is 14.2 Å². The monoisotopic (exact) mass is 249 g/mol. The SMILES string of the molecule is C[C@H](O)c1ccc(OCC2(CC#N)CC2)c(F)c1. The molecule has 1 aliphatic carbocycles. The van der Waals surface area contributed by atoms with Gasteiger partial charge in [0.05, 0.1) is 18.8 Å². The molecule has 1 aromatic rings. The van der Waals surface area contributed by atoms with E-state index in [2.05, 4.69) is 6.07 Å². The molecule has 3 nitrogen and oxygen atoms in total. The summed E-state index contributed by atoms with van der Waals surface area (Å²) in [5.41, 5.74) is 0.461. The van der Waals surface area contributed by atoms with Gasteiger partial charge in [0, 0.05) is 11.8 Å². The summed E-state index contributed by atoms with van der Waals surface area (Å²) < 4.78 is 19.1. The minimum absolute atomic E-state index is 0.0653. The largest absolute Gasteiger partial charge is 0.490 e. The van der Waals surface area contributed by atoms with Gasteiger partial charge in [0.1, 0.15) is 0 Å². The average Bonchev–Trinajstić information content (AvgIpc) is 3.08. The number of halogens is 1. The van der Waals surface area contributed by atoms with E-state index in [0.29, 0.717) is 18.6 Å². The molecule has 0 unspecified atom stereocenters. The van der Waals surface area contributed by atoms with Crippen LogP contribution in [0.4, 0.5) is 4.39 Å². The smallest absolute Gasteiger partial charge is 0.165 e. The number of nitriles is 1. The van der Waals surface area contributed by atoms with Crippen LogP contribution in [0.1, 0.15) is 37.9 Å². The topological polar surface area (TPSA) is 53.2 Å². The van der Waals surface area contributed by atoms with Gasteiger partial charge in [0.15, 0.2) is 11.6 Å². The van der Waals surface area contributed by atoms with Crippen molar-refractivity contribution in [3.8, 4) is 11.8 Å². The van der Waals surface area contributed by atoms with Crippen LogP contribution in [0.25, 0.3) is 0 Å². The third-order valence-corrected chi connectivity index (χ3v) is 3.38. The Bertz CT molecular complexity index is 475. The van der Waals surface area contributed by atoms with Gasteiger partial charge in [-0.1, -0.05) is 6.07 Å². The highest BCUT2D eigenvalue weighted by molar-refractivity contribution is 5.30. The molecule has 2 rings (SSSR count). The van der Waals surface area contributed by atoms with Gasteiger partial charge in [-0.2, -0.15) is 5.26 Å². The van der Waals surface area contributed by atoms with Crippen molar-refractivity contribution in [2.24, 2.45) is 5.41 Å². The Hall–Kier alpha value is -1.60. The summed E-state index contributed by atoms with van der Waals surface area (Å²) in [6.45, 7) is 1.97. The summed E-state index contributed by atoms with van der Waals surface area (Å²) in [6.07, 6.45) is 1.70. The lowest BCUT2D eigenvalue weighted by Crippen LogP contribution is -2.13. The van der Waals surface area contributed by atoms with E-state index < -0.39 is 11.9 Å². The molecule has 18 heavy (non-hydrogen) atoms. The lowest BCUT2D eigenvalue weighted by atomic mass is 10.1. The molecule has 0 saturated heterocycles. The van der Waals surface area contributed by atoms with Gasteiger partial charge in [-0.15, -0.1) is 0 Å². The minimum atomic E-state index is -0.693. The van der Waals surface area contributed by atoms with Crippen molar-refractivity contribution in [2.75, 3.05) is 6.61 Å². The highest BCUT2D eigenvalue weighted by atomic mass is 19.1. The first-order valence-electron chi connectivity index (χ1n) is 6.04. The molecule has 96 valence electrons. The van der Waals surface area contributed by atoms with Crippen LogP contribution in [0.3, 0.4) is 0 Å². The molecular weight excluding hydrogens is 233 g/mol. The van der Waals surface area contributed by atoms with E-state index in [0.717, 1.165) is 12.8 Å². The number of hydrogen-bond acceptors (Lipinski definition) is 3. The Morgan fingerprint density at radius 2 is 2.28 bits per heavy atom. The number of aliphatic hydroxyl groups is 1. The normalized spacial score (nSPS) is 17.9. The summed E-state index contributed by atoms with van der Waals surface area (Å²) in [6, 6.07) is 6.59. The molecule has 1 aliphatic rings. The number of benzene rings is 1. The van der Waals surface area contributed by atoms with Crippen LogP contribution in [0, 0.1) is 22.6 Å². The zero-order valence-electron chi connectivity index (χ0n) is 10.3. The zero-order chi connectivity index (χ0) is 13.2. The van der Waals surface area contributed by atoms with E-state index in [-0.39, 0.29) is 11.2 Å². The fraction of sp³-hybridized carbons (Fsp3) is 0.500. The molecule has 1 saturated carbocycles. The van der Waals surface area contributed by atoms with E-state index in [1.54, 1.807) is 13.0 Å². The maximum Gasteiger partial charge on any atom is 0.165 e. The molecule has 1 N–H and O–H groups in total. The molecule has 0 bridgehead atoms. The van der Waals surface area contributed by atoms with Crippen LogP contribution in [-0.4, -0.2) is 11.7 Å². The van der Waals surface area contributed by atoms with E-state index in [1.807, 2.05) is 0 Å². The Labute approximate surface area is 106 Å². The summed E-state index contributed by atoms with van der Waals surface area (Å²) >= 11 is 0. The molecular formula is C14H16FNO2. The molecule has 1 atom stereocenters. The Morgan fingerprint density at radius 3 is 2.78 bits per heavy atom. The van der Waals surface area contributed by atoms with Gasteiger partial charge in [-0.05, 0) is 37.5 Å². The van der Waals surface area contributed by atoms with Gasteiger partial charge in [0.25, 0.3) is 0 Å². The van der Waals surface area contributed by atoms with Crippen LogP contribution in [0.2, 0.25) is 0 Å².